The van der Waals surface area contributed by atoms with E-state index in [1.165, 1.54) is 0 Å². The van der Waals surface area contributed by atoms with Gasteiger partial charge in [-0.15, -0.1) is 0 Å². The van der Waals surface area contributed by atoms with E-state index in [1.807, 2.05) is 42.4 Å². The smallest absolute Gasteiger partial charge is 0.253 e. The first-order valence-corrected chi connectivity index (χ1v) is 7.83. The Morgan fingerprint density at radius 3 is 2.74 bits per heavy atom. The summed E-state index contributed by atoms with van der Waals surface area (Å²) in [4.78, 5) is 14.5. The van der Waals surface area contributed by atoms with Gasteiger partial charge in [0.05, 0.1) is 18.0 Å². The highest BCUT2D eigenvalue weighted by molar-refractivity contribution is 5.95. The normalized spacial score (nSPS) is 15.7. The predicted octanol–water partition coefficient (Wildman–Crippen LogP) is 2.41. The van der Waals surface area contributed by atoms with Crippen LogP contribution in [0.25, 0.3) is 0 Å². The van der Waals surface area contributed by atoms with Crippen LogP contribution in [0.5, 0.6) is 0 Å². The summed E-state index contributed by atoms with van der Waals surface area (Å²) in [5.41, 5.74) is 2.49. The van der Waals surface area contributed by atoms with Crippen molar-refractivity contribution in [3.05, 3.63) is 42.2 Å². The molecule has 0 aliphatic carbocycles. The molecular formula is C17H22N4O2. The highest BCUT2D eigenvalue weighted by Gasteiger charge is 2.23. The first kappa shape index (κ1) is 15.6. The molecule has 0 radical (unpaired) electrons. The van der Waals surface area contributed by atoms with E-state index in [2.05, 4.69) is 10.4 Å². The molecule has 23 heavy (non-hydrogen) atoms. The number of likely N-dealkylation sites (tertiary alicyclic amines) is 1. The molecule has 1 amide bonds. The molecule has 0 spiro atoms. The van der Waals surface area contributed by atoms with E-state index in [0.29, 0.717) is 5.56 Å². The average molecular weight is 314 g/mol. The summed E-state index contributed by atoms with van der Waals surface area (Å²) in [6.45, 7) is 1.50. The molecule has 6 nitrogen and oxygen atoms in total. The van der Waals surface area contributed by atoms with E-state index >= 15 is 0 Å². The number of methoxy groups -OCH3 is 1. The fraction of sp³-hybridized carbons (Fsp3) is 0.412. The largest absolute Gasteiger partial charge is 0.381 e. The fourth-order valence-electron chi connectivity index (χ4n) is 2.86. The lowest BCUT2D eigenvalue weighted by Gasteiger charge is -2.31. The Morgan fingerprint density at radius 1 is 1.30 bits per heavy atom. The number of rotatable bonds is 4. The fourth-order valence-corrected chi connectivity index (χ4v) is 2.86. The van der Waals surface area contributed by atoms with Gasteiger partial charge in [-0.2, -0.15) is 5.10 Å². The summed E-state index contributed by atoms with van der Waals surface area (Å²) < 4.78 is 7.09. The van der Waals surface area contributed by atoms with Crippen molar-refractivity contribution in [2.45, 2.75) is 18.9 Å². The van der Waals surface area contributed by atoms with Gasteiger partial charge in [0.2, 0.25) is 0 Å². The Morgan fingerprint density at radius 2 is 2.09 bits per heavy atom. The average Bonchev–Trinajstić information content (AvgIpc) is 2.99. The van der Waals surface area contributed by atoms with E-state index in [-0.39, 0.29) is 12.0 Å². The molecule has 0 bridgehead atoms. The van der Waals surface area contributed by atoms with Gasteiger partial charge in [0.15, 0.2) is 0 Å². The standard InChI is InChI=1S/C17H22N4O2/c1-20-12-15(11-18-20)19-14-5-3-4-13(10-14)17(22)21-8-6-16(23-2)7-9-21/h3-5,10-12,16,19H,6-9H2,1-2H3. The van der Waals surface area contributed by atoms with Crippen molar-refractivity contribution in [3.8, 4) is 0 Å². The van der Waals surface area contributed by atoms with Gasteiger partial charge in [0.1, 0.15) is 0 Å². The van der Waals surface area contributed by atoms with Gasteiger partial charge in [-0.25, -0.2) is 0 Å². The Hall–Kier alpha value is -2.34. The van der Waals surface area contributed by atoms with Crippen LogP contribution in [0, 0.1) is 0 Å². The van der Waals surface area contributed by atoms with Crippen LogP contribution in [0.2, 0.25) is 0 Å². The summed E-state index contributed by atoms with van der Waals surface area (Å²) in [6.07, 6.45) is 5.72. The van der Waals surface area contributed by atoms with Crippen molar-refractivity contribution >= 4 is 17.3 Å². The van der Waals surface area contributed by atoms with E-state index in [1.54, 1.807) is 18.0 Å². The lowest BCUT2D eigenvalue weighted by atomic mass is 10.1. The van der Waals surface area contributed by atoms with Gasteiger partial charge >= 0.3 is 0 Å². The third-order valence-electron chi connectivity index (χ3n) is 4.17. The number of carbonyl (C=O) groups excluding carboxylic acids is 1. The summed E-state index contributed by atoms with van der Waals surface area (Å²) in [5, 5.41) is 7.39. The number of piperidine rings is 1. The molecule has 0 saturated carbocycles. The van der Waals surface area contributed by atoms with Crippen molar-refractivity contribution in [1.82, 2.24) is 14.7 Å². The Bertz CT molecular complexity index is 675. The zero-order valence-corrected chi connectivity index (χ0v) is 13.5. The van der Waals surface area contributed by atoms with Gasteiger partial charge in [-0.05, 0) is 31.0 Å². The zero-order chi connectivity index (χ0) is 16.2. The Kier molecular flexibility index (Phi) is 4.62. The summed E-state index contributed by atoms with van der Waals surface area (Å²) in [6, 6.07) is 7.59. The number of hydrogen-bond acceptors (Lipinski definition) is 4. The van der Waals surface area contributed by atoms with Crippen molar-refractivity contribution < 1.29 is 9.53 Å². The number of benzene rings is 1. The van der Waals surface area contributed by atoms with Gasteiger partial charge in [-0.3, -0.25) is 9.48 Å². The number of aryl methyl sites for hydroxylation is 1. The molecule has 122 valence electrons. The lowest BCUT2D eigenvalue weighted by Crippen LogP contribution is -2.40. The lowest BCUT2D eigenvalue weighted by molar-refractivity contribution is 0.0351. The SMILES string of the molecule is COC1CCN(C(=O)c2cccc(Nc3cnn(C)c3)c2)CC1. The van der Waals surface area contributed by atoms with Crippen molar-refractivity contribution in [3.63, 3.8) is 0 Å². The monoisotopic (exact) mass is 314 g/mol. The summed E-state index contributed by atoms with van der Waals surface area (Å²) in [7, 11) is 3.60. The number of ether oxygens (including phenoxy) is 1. The number of amides is 1. The van der Waals surface area contributed by atoms with Crippen LogP contribution in [0.3, 0.4) is 0 Å². The van der Waals surface area contributed by atoms with E-state index in [0.717, 1.165) is 37.3 Å². The Balaban J connectivity index is 1.68. The van der Waals surface area contributed by atoms with E-state index < -0.39 is 0 Å². The van der Waals surface area contributed by atoms with Crippen LogP contribution in [0.1, 0.15) is 23.2 Å². The summed E-state index contributed by atoms with van der Waals surface area (Å²) in [5.74, 6) is 0.0781. The second kappa shape index (κ2) is 6.83. The molecule has 1 aromatic heterocycles. The molecule has 2 aromatic rings. The van der Waals surface area contributed by atoms with Gasteiger partial charge < -0.3 is 15.0 Å². The third kappa shape index (κ3) is 3.71. The molecule has 1 aromatic carbocycles. The van der Waals surface area contributed by atoms with Crippen LogP contribution in [-0.2, 0) is 11.8 Å². The molecule has 1 N–H and O–H groups in total. The van der Waals surface area contributed by atoms with Gasteiger partial charge in [0, 0.05) is 44.7 Å². The molecule has 1 aliphatic rings. The maximum atomic E-state index is 12.6. The van der Waals surface area contributed by atoms with E-state index in [9.17, 15) is 4.79 Å². The predicted molar refractivity (Wildman–Crippen MR) is 88.9 cm³/mol. The molecular weight excluding hydrogens is 292 g/mol. The molecule has 2 heterocycles. The van der Waals surface area contributed by atoms with Crippen LogP contribution < -0.4 is 5.32 Å². The minimum absolute atomic E-state index is 0.0781. The molecule has 6 heteroatoms. The van der Waals surface area contributed by atoms with Crippen LogP contribution in [-0.4, -0.2) is 46.9 Å². The number of nitrogens with one attached hydrogen (secondary N) is 1. The van der Waals surface area contributed by atoms with Crippen LogP contribution in [0.4, 0.5) is 11.4 Å². The highest BCUT2D eigenvalue weighted by Crippen LogP contribution is 2.20. The number of carbonyl (C=O) groups is 1. The first-order chi connectivity index (χ1) is 11.2. The van der Waals surface area contributed by atoms with Gasteiger partial charge in [-0.1, -0.05) is 6.07 Å². The van der Waals surface area contributed by atoms with Crippen LogP contribution >= 0.6 is 0 Å². The number of anilines is 2. The van der Waals surface area contributed by atoms with Crippen molar-refractivity contribution in [2.75, 3.05) is 25.5 Å². The Labute approximate surface area is 136 Å². The molecule has 1 saturated heterocycles. The second-order valence-corrected chi connectivity index (χ2v) is 5.84. The highest BCUT2D eigenvalue weighted by atomic mass is 16.5. The molecule has 1 fully saturated rings. The number of aromatic nitrogens is 2. The van der Waals surface area contributed by atoms with E-state index in [4.69, 9.17) is 4.74 Å². The molecule has 1 aliphatic heterocycles. The summed E-state index contributed by atoms with van der Waals surface area (Å²) >= 11 is 0. The molecule has 0 unspecified atom stereocenters. The maximum Gasteiger partial charge on any atom is 0.253 e. The quantitative estimate of drug-likeness (QED) is 0.941. The zero-order valence-electron chi connectivity index (χ0n) is 13.5. The minimum atomic E-state index is 0.0781. The maximum absolute atomic E-state index is 12.6. The minimum Gasteiger partial charge on any atom is -0.381 e. The first-order valence-electron chi connectivity index (χ1n) is 7.83. The van der Waals surface area contributed by atoms with Crippen molar-refractivity contribution in [1.29, 1.82) is 0 Å². The third-order valence-corrected chi connectivity index (χ3v) is 4.17. The number of nitrogens with zero attached hydrogens (tertiary/aromatic N) is 3. The number of hydrogen-bond donors (Lipinski definition) is 1. The molecule has 3 rings (SSSR count). The molecule has 0 atom stereocenters. The van der Waals surface area contributed by atoms with Gasteiger partial charge in [0.25, 0.3) is 5.91 Å². The topological polar surface area (TPSA) is 59.4 Å². The second-order valence-electron chi connectivity index (χ2n) is 5.84. The van der Waals surface area contributed by atoms with Crippen LogP contribution in [0.15, 0.2) is 36.7 Å². The van der Waals surface area contributed by atoms with Crippen molar-refractivity contribution in [2.24, 2.45) is 7.05 Å².